The van der Waals surface area contributed by atoms with Crippen molar-refractivity contribution >= 4 is 17.7 Å². The van der Waals surface area contributed by atoms with Gasteiger partial charge in [0, 0.05) is 6.07 Å². The molecule has 0 fully saturated rings. The van der Waals surface area contributed by atoms with Crippen molar-refractivity contribution in [3.05, 3.63) is 48.2 Å². The molecule has 2 rings (SSSR count). The van der Waals surface area contributed by atoms with E-state index < -0.39 is 18.5 Å². The Kier molecular flexibility index (Phi) is 6.78. The zero-order valence-electron chi connectivity index (χ0n) is 14.6. The van der Waals surface area contributed by atoms with E-state index in [1.54, 1.807) is 31.2 Å². The van der Waals surface area contributed by atoms with Crippen molar-refractivity contribution in [2.45, 2.75) is 13.3 Å². The van der Waals surface area contributed by atoms with Crippen molar-refractivity contribution < 1.29 is 28.3 Å². The van der Waals surface area contributed by atoms with E-state index in [0.717, 1.165) is 5.56 Å². The second-order valence-corrected chi connectivity index (χ2v) is 5.30. The van der Waals surface area contributed by atoms with Gasteiger partial charge in [-0.2, -0.15) is 0 Å². The fourth-order valence-electron chi connectivity index (χ4n) is 2.05. The largest absolute Gasteiger partial charge is 0.493 e. The van der Waals surface area contributed by atoms with Gasteiger partial charge < -0.3 is 24.1 Å². The van der Waals surface area contributed by atoms with Crippen molar-refractivity contribution in [2.75, 3.05) is 25.6 Å². The van der Waals surface area contributed by atoms with Gasteiger partial charge in [0.05, 0.1) is 7.11 Å². The third-order valence-corrected chi connectivity index (χ3v) is 3.21. The van der Waals surface area contributed by atoms with E-state index in [0.29, 0.717) is 23.7 Å². The molecule has 0 atom stereocenters. The molecular formula is C18H20N2O6. The van der Waals surface area contributed by atoms with Crippen molar-refractivity contribution in [1.29, 1.82) is 0 Å². The lowest BCUT2D eigenvalue weighted by atomic mass is 10.1. The first kappa shape index (κ1) is 19.0. The highest BCUT2D eigenvalue weighted by Gasteiger charge is 2.12. The number of hydrogen-bond donors (Lipinski definition) is 1. The number of nitrogens with one attached hydrogen (secondary N) is 1. The third-order valence-electron chi connectivity index (χ3n) is 3.21. The molecule has 1 aromatic heterocycles. The van der Waals surface area contributed by atoms with Crippen molar-refractivity contribution in [1.82, 2.24) is 5.16 Å². The first-order valence-electron chi connectivity index (χ1n) is 7.81. The van der Waals surface area contributed by atoms with Gasteiger partial charge in [0.1, 0.15) is 5.76 Å². The zero-order valence-corrected chi connectivity index (χ0v) is 14.6. The summed E-state index contributed by atoms with van der Waals surface area (Å²) < 4.78 is 20.3. The second-order valence-electron chi connectivity index (χ2n) is 5.30. The van der Waals surface area contributed by atoms with E-state index in [4.69, 9.17) is 18.7 Å². The van der Waals surface area contributed by atoms with Gasteiger partial charge in [-0.15, -0.1) is 6.58 Å². The van der Waals surface area contributed by atoms with Gasteiger partial charge in [-0.3, -0.25) is 4.79 Å². The van der Waals surface area contributed by atoms with Crippen LogP contribution in [0.4, 0.5) is 5.82 Å². The van der Waals surface area contributed by atoms with Crippen LogP contribution in [0.15, 0.2) is 41.4 Å². The van der Waals surface area contributed by atoms with Gasteiger partial charge in [0.25, 0.3) is 5.91 Å². The number of carbonyl (C=O) groups excluding carboxylic acids is 2. The number of nitrogens with zero attached hydrogens (tertiary/aromatic N) is 1. The van der Waals surface area contributed by atoms with E-state index in [9.17, 15) is 9.59 Å². The highest BCUT2D eigenvalue weighted by atomic mass is 16.6. The molecule has 0 aliphatic heterocycles. The van der Waals surface area contributed by atoms with Gasteiger partial charge >= 0.3 is 5.97 Å². The Morgan fingerprint density at radius 2 is 2.08 bits per heavy atom. The fourth-order valence-corrected chi connectivity index (χ4v) is 2.05. The van der Waals surface area contributed by atoms with Crippen LogP contribution in [0.2, 0.25) is 0 Å². The molecule has 0 aliphatic carbocycles. The summed E-state index contributed by atoms with van der Waals surface area (Å²) in [5.74, 6) is 0.491. The number of aryl methyl sites for hydroxylation is 1. The number of allylic oxidation sites excluding steroid dienone is 1. The molecule has 0 bridgehead atoms. The zero-order chi connectivity index (χ0) is 18.9. The molecular weight excluding hydrogens is 340 g/mol. The molecule has 8 heteroatoms. The van der Waals surface area contributed by atoms with Crippen LogP contribution < -0.4 is 14.8 Å². The fraction of sp³-hybridized carbons (Fsp3) is 0.278. The Bertz CT molecular complexity index is 784. The number of aromatic nitrogens is 1. The molecule has 0 radical (unpaired) electrons. The Morgan fingerprint density at radius 3 is 2.73 bits per heavy atom. The van der Waals surface area contributed by atoms with E-state index in [2.05, 4.69) is 17.1 Å². The van der Waals surface area contributed by atoms with Crippen LogP contribution in [0.3, 0.4) is 0 Å². The molecule has 26 heavy (non-hydrogen) atoms. The molecule has 0 spiro atoms. The van der Waals surface area contributed by atoms with Gasteiger partial charge in [-0.25, -0.2) is 4.79 Å². The first-order valence-corrected chi connectivity index (χ1v) is 7.81. The summed E-state index contributed by atoms with van der Waals surface area (Å²) in [7, 11) is 1.51. The maximum atomic E-state index is 11.7. The topological polar surface area (TPSA) is 99.9 Å². The second kappa shape index (κ2) is 9.26. The number of carbonyl (C=O) groups is 2. The molecule has 0 aliphatic rings. The first-order chi connectivity index (χ1) is 12.5. The monoisotopic (exact) mass is 360 g/mol. The molecule has 1 aromatic carbocycles. The smallest absolute Gasteiger partial charge is 0.344 e. The molecule has 0 saturated heterocycles. The lowest BCUT2D eigenvalue weighted by molar-refractivity contribution is -0.149. The highest BCUT2D eigenvalue weighted by molar-refractivity contribution is 5.91. The standard InChI is InChI=1S/C18H20N2O6/c1-4-5-13-6-7-14(15(9-13)23-3)24-11-18(22)25-10-17(21)19-16-8-12(2)26-20-16/h4,6-9H,1,5,10-11H2,2-3H3,(H,19,20,21). The van der Waals surface area contributed by atoms with Crippen LogP contribution in [-0.4, -0.2) is 37.4 Å². The molecule has 1 amide bonds. The Morgan fingerprint density at radius 1 is 1.27 bits per heavy atom. The summed E-state index contributed by atoms with van der Waals surface area (Å²) in [6, 6.07) is 6.89. The maximum absolute atomic E-state index is 11.7. The Labute approximate surface area is 150 Å². The number of amides is 1. The average Bonchev–Trinajstić information content (AvgIpc) is 3.03. The number of esters is 1. The lowest BCUT2D eigenvalue weighted by Crippen LogP contribution is -2.23. The molecule has 1 heterocycles. The Balaban J connectivity index is 1.79. The third kappa shape index (κ3) is 5.66. The minimum Gasteiger partial charge on any atom is -0.493 e. The van der Waals surface area contributed by atoms with E-state index in [1.807, 2.05) is 6.07 Å². The summed E-state index contributed by atoms with van der Waals surface area (Å²) in [6.07, 6.45) is 2.47. The number of methoxy groups -OCH3 is 1. The lowest BCUT2D eigenvalue weighted by Gasteiger charge is -2.11. The van der Waals surface area contributed by atoms with E-state index in [-0.39, 0.29) is 12.4 Å². The van der Waals surface area contributed by atoms with Crippen LogP contribution in [0.25, 0.3) is 0 Å². The van der Waals surface area contributed by atoms with E-state index >= 15 is 0 Å². The van der Waals surface area contributed by atoms with Crippen LogP contribution >= 0.6 is 0 Å². The number of hydrogen-bond acceptors (Lipinski definition) is 7. The molecule has 0 saturated carbocycles. The number of ether oxygens (including phenoxy) is 3. The summed E-state index contributed by atoms with van der Waals surface area (Å²) >= 11 is 0. The predicted octanol–water partition coefficient (Wildman–Crippen LogP) is 2.28. The van der Waals surface area contributed by atoms with Crippen LogP contribution in [0.1, 0.15) is 11.3 Å². The van der Waals surface area contributed by atoms with Gasteiger partial charge in [0.15, 0.2) is 30.5 Å². The maximum Gasteiger partial charge on any atom is 0.344 e. The van der Waals surface area contributed by atoms with Crippen LogP contribution in [0, 0.1) is 6.92 Å². The summed E-state index contributed by atoms with van der Waals surface area (Å²) in [4.78, 5) is 23.4. The van der Waals surface area contributed by atoms with Gasteiger partial charge in [0.2, 0.25) is 0 Å². The summed E-state index contributed by atoms with van der Waals surface area (Å²) in [6.45, 7) is 4.56. The number of anilines is 1. The van der Waals surface area contributed by atoms with E-state index in [1.165, 1.54) is 7.11 Å². The summed E-state index contributed by atoms with van der Waals surface area (Å²) in [5, 5.41) is 6.04. The molecule has 138 valence electrons. The van der Waals surface area contributed by atoms with Crippen molar-refractivity contribution in [3.8, 4) is 11.5 Å². The highest BCUT2D eigenvalue weighted by Crippen LogP contribution is 2.28. The predicted molar refractivity (Wildman–Crippen MR) is 93.2 cm³/mol. The molecule has 0 unspecified atom stereocenters. The van der Waals surface area contributed by atoms with Gasteiger partial charge in [-0.05, 0) is 31.0 Å². The molecule has 2 aromatic rings. The minimum absolute atomic E-state index is 0.254. The van der Waals surface area contributed by atoms with Crippen molar-refractivity contribution in [3.63, 3.8) is 0 Å². The van der Waals surface area contributed by atoms with Crippen LogP contribution in [0.5, 0.6) is 11.5 Å². The molecule has 1 N–H and O–H groups in total. The summed E-state index contributed by atoms with van der Waals surface area (Å²) in [5.41, 5.74) is 1.01. The average molecular weight is 360 g/mol. The Hall–Kier alpha value is -3.29. The number of benzene rings is 1. The quantitative estimate of drug-likeness (QED) is 0.541. The molecule has 8 nitrogen and oxygen atoms in total. The van der Waals surface area contributed by atoms with Crippen LogP contribution in [-0.2, 0) is 20.7 Å². The van der Waals surface area contributed by atoms with Gasteiger partial charge in [-0.1, -0.05) is 17.3 Å². The van der Waals surface area contributed by atoms with Crippen molar-refractivity contribution in [2.24, 2.45) is 0 Å². The SMILES string of the molecule is C=CCc1ccc(OCC(=O)OCC(=O)Nc2cc(C)on2)c(OC)c1. The normalized spacial score (nSPS) is 10.1. The number of rotatable bonds is 9. The minimum atomic E-state index is -0.686.